The summed E-state index contributed by atoms with van der Waals surface area (Å²) in [5.74, 6) is -1.17. The Labute approximate surface area is 117 Å². The summed E-state index contributed by atoms with van der Waals surface area (Å²) >= 11 is 0. The molecule has 1 aliphatic rings. The third-order valence-corrected chi connectivity index (χ3v) is 4.83. The minimum absolute atomic E-state index is 0.0717. The zero-order valence-corrected chi connectivity index (χ0v) is 12.3. The minimum Gasteiger partial charge on any atom is -0.478 e. The van der Waals surface area contributed by atoms with E-state index in [2.05, 4.69) is 4.72 Å². The van der Waals surface area contributed by atoms with Crippen LogP contribution in [0.2, 0.25) is 0 Å². The van der Waals surface area contributed by atoms with Crippen LogP contribution >= 0.6 is 0 Å². The topological polar surface area (TPSA) is 106 Å². The molecule has 2 rings (SSSR count). The number of furan rings is 1. The first-order chi connectivity index (χ1) is 9.16. The van der Waals surface area contributed by atoms with Gasteiger partial charge in [0.2, 0.25) is 10.0 Å². The Morgan fingerprint density at radius 3 is 2.40 bits per heavy atom. The quantitative estimate of drug-likeness (QED) is 0.837. The number of aryl methyl sites for hydroxylation is 2. The predicted octanol–water partition coefficient (Wildman–Crippen LogP) is 0.909. The van der Waals surface area contributed by atoms with Crippen molar-refractivity contribution < 1.29 is 27.5 Å². The zero-order chi connectivity index (χ0) is 15.1. The lowest BCUT2D eigenvalue weighted by atomic mass is 9.89. The SMILES string of the molecule is Cc1oc(C)c(S(=O)(=O)NCC2(C)COC2)c1C(=O)O. The molecule has 0 aliphatic carbocycles. The molecule has 2 heterocycles. The highest BCUT2D eigenvalue weighted by atomic mass is 32.2. The van der Waals surface area contributed by atoms with Crippen LogP contribution < -0.4 is 4.72 Å². The summed E-state index contributed by atoms with van der Waals surface area (Å²) in [6, 6.07) is 0. The van der Waals surface area contributed by atoms with Crippen LogP contribution in [0.15, 0.2) is 9.31 Å². The van der Waals surface area contributed by atoms with Crippen LogP contribution in [0.1, 0.15) is 28.8 Å². The molecule has 112 valence electrons. The average Bonchev–Trinajstić information content (AvgIpc) is 2.60. The first-order valence-corrected chi connectivity index (χ1v) is 7.55. The van der Waals surface area contributed by atoms with Crippen molar-refractivity contribution in [3.63, 3.8) is 0 Å². The summed E-state index contributed by atoms with van der Waals surface area (Å²) in [6.45, 7) is 5.90. The maximum Gasteiger partial charge on any atom is 0.340 e. The Balaban J connectivity index is 2.32. The van der Waals surface area contributed by atoms with Crippen molar-refractivity contribution in [2.24, 2.45) is 5.41 Å². The molecule has 1 aliphatic heterocycles. The van der Waals surface area contributed by atoms with E-state index in [4.69, 9.17) is 14.3 Å². The first-order valence-electron chi connectivity index (χ1n) is 6.07. The molecule has 1 aromatic rings. The highest BCUT2D eigenvalue weighted by Gasteiger charge is 2.37. The number of carboxylic acids is 1. The number of sulfonamides is 1. The standard InChI is InChI=1S/C12H17NO6S/c1-7-9(11(14)15)10(8(2)19-7)20(16,17)13-4-12(3)5-18-6-12/h13H,4-6H2,1-3H3,(H,14,15). The van der Waals surface area contributed by atoms with Crippen LogP contribution in [-0.4, -0.2) is 39.3 Å². The summed E-state index contributed by atoms with van der Waals surface area (Å²) in [6.07, 6.45) is 0. The maximum absolute atomic E-state index is 12.3. The van der Waals surface area contributed by atoms with Crippen molar-refractivity contribution in [2.45, 2.75) is 25.7 Å². The second-order valence-electron chi connectivity index (χ2n) is 5.35. The zero-order valence-electron chi connectivity index (χ0n) is 11.5. The van der Waals surface area contributed by atoms with E-state index >= 15 is 0 Å². The van der Waals surface area contributed by atoms with Gasteiger partial charge in [0.1, 0.15) is 22.0 Å². The molecule has 0 unspecified atom stereocenters. The van der Waals surface area contributed by atoms with Crippen LogP contribution in [0.5, 0.6) is 0 Å². The lowest BCUT2D eigenvalue weighted by Gasteiger charge is -2.37. The van der Waals surface area contributed by atoms with E-state index < -0.39 is 16.0 Å². The molecular formula is C12H17NO6S. The molecule has 0 atom stereocenters. The lowest BCUT2D eigenvalue weighted by molar-refractivity contribution is -0.0965. The highest BCUT2D eigenvalue weighted by Crippen LogP contribution is 2.29. The third kappa shape index (κ3) is 2.58. The molecule has 1 aromatic heterocycles. The fraction of sp³-hybridized carbons (Fsp3) is 0.583. The largest absolute Gasteiger partial charge is 0.478 e. The molecule has 2 N–H and O–H groups in total. The summed E-state index contributed by atoms with van der Waals surface area (Å²) in [5, 5.41) is 9.14. The monoisotopic (exact) mass is 303 g/mol. The number of nitrogens with one attached hydrogen (secondary N) is 1. The molecule has 0 spiro atoms. The molecule has 20 heavy (non-hydrogen) atoms. The van der Waals surface area contributed by atoms with E-state index in [1.807, 2.05) is 6.92 Å². The number of hydrogen-bond donors (Lipinski definition) is 2. The number of hydrogen-bond acceptors (Lipinski definition) is 5. The van der Waals surface area contributed by atoms with Gasteiger partial charge in [-0.05, 0) is 13.8 Å². The number of carbonyl (C=O) groups is 1. The molecular weight excluding hydrogens is 286 g/mol. The minimum atomic E-state index is -3.94. The Kier molecular flexibility index (Phi) is 3.66. The predicted molar refractivity (Wildman–Crippen MR) is 69.3 cm³/mol. The van der Waals surface area contributed by atoms with Gasteiger partial charge in [-0.15, -0.1) is 0 Å². The fourth-order valence-corrected chi connectivity index (χ4v) is 3.73. The molecule has 0 aromatic carbocycles. The van der Waals surface area contributed by atoms with Gasteiger partial charge < -0.3 is 14.3 Å². The van der Waals surface area contributed by atoms with Crippen LogP contribution in [-0.2, 0) is 14.8 Å². The summed E-state index contributed by atoms with van der Waals surface area (Å²) in [4.78, 5) is 10.9. The van der Waals surface area contributed by atoms with Gasteiger partial charge in [-0.25, -0.2) is 17.9 Å². The molecule has 0 radical (unpaired) electrons. The van der Waals surface area contributed by atoms with Gasteiger partial charge in [0, 0.05) is 12.0 Å². The highest BCUT2D eigenvalue weighted by molar-refractivity contribution is 7.89. The number of carboxylic acid groups (broad SMARTS) is 1. The summed E-state index contributed by atoms with van der Waals surface area (Å²) in [7, 11) is -3.94. The smallest absolute Gasteiger partial charge is 0.340 e. The Morgan fingerprint density at radius 2 is 1.95 bits per heavy atom. The van der Waals surface area contributed by atoms with Gasteiger partial charge in [-0.2, -0.15) is 0 Å². The Bertz CT molecular complexity index is 641. The van der Waals surface area contributed by atoms with Gasteiger partial charge in [0.05, 0.1) is 13.2 Å². The van der Waals surface area contributed by atoms with Crippen LogP contribution in [0.3, 0.4) is 0 Å². The molecule has 7 nitrogen and oxygen atoms in total. The second-order valence-corrected chi connectivity index (χ2v) is 7.06. The molecule has 1 saturated heterocycles. The van der Waals surface area contributed by atoms with E-state index in [1.54, 1.807) is 0 Å². The first kappa shape index (κ1) is 15.0. The van der Waals surface area contributed by atoms with Crippen molar-refractivity contribution in [3.05, 3.63) is 17.1 Å². The van der Waals surface area contributed by atoms with Gasteiger partial charge in [-0.3, -0.25) is 0 Å². The van der Waals surface area contributed by atoms with E-state index in [0.717, 1.165) is 0 Å². The van der Waals surface area contributed by atoms with Crippen molar-refractivity contribution in [3.8, 4) is 0 Å². The summed E-state index contributed by atoms with van der Waals surface area (Å²) < 4.78 is 37.2. The summed E-state index contributed by atoms with van der Waals surface area (Å²) in [5.41, 5.74) is -0.562. The van der Waals surface area contributed by atoms with Crippen molar-refractivity contribution >= 4 is 16.0 Å². The van der Waals surface area contributed by atoms with Crippen molar-refractivity contribution in [2.75, 3.05) is 19.8 Å². The van der Waals surface area contributed by atoms with Gasteiger partial charge in [0.15, 0.2) is 0 Å². The number of aromatic carboxylic acids is 1. The maximum atomic E-state index is 12.3. The normalized spacial score (nSPS) is 17.8. The molecule has 0 bridgehead atoms. The molecule has 0 saturated carbocycles. The Hall–Kier alpha value is -1.38. The molecule has 0 amide bonds. The number of ether oxygens (including phenoxy) is 1. The van der Waals surface area contributed by atoms with Crippen LogP contribution in [0, 0.1) is 19.3 Å². The van der Waals surface area contributed by atoms with Crippen molar-refractivity contribution in [1.29, 1.82) is 0 Å². The molecule has 1 fully saturated rings. The third-order valence-electron chi connectivity index (χ3n) is 3.28. The average molecular weight is 303 g/mol. The van der Waals surface area contributed by atoms with Gasteiger partial charge in [-0.1, -0.05) is 6.92 Å². The van der Waals surface area contributed by atoms with Crippen LogP contribution in [0.4, 0.5) is 0 Å². The van der Waals surface area contributed by atoms with E-state index in [9.17, 15) is 13.2 Å². The van der Waals surface area contributed by atoms with Crippen molar-refractivity contribution in [1.82, 2.24) is 4.72 Å². The Morgan fingerprint density at radius 1 is 1.35 bits per heavy atom. The van der Waals surface area contributed by atoms with Gasteiger partial charge >= 0.3 is 5.97 Å². The molecule has 8 heteroatoms. The van der Waals surface area contributed by atoms with E-state index in [0.29, 0.717) is 13.2 Å². The number of rotatable bonds is 5. The second kappa shape index (κ2) is 4.87. The van der Waals surface area contributed by atoms with Gasteiger partial charge in [0.25, 0.3) is 0 Å². The van der Waals surface area contributed by atoms with Crippen LogP contribution in [0.25, 0.3) is 0 Å². The van der Waals surface area contributed by atoms with E-state index in [-0.39, 0.29) is 33.9 Å². The fourth-order valence-electron chi connectivity index (χ4n) is 2.13. The lowest BCUT2D eigenvalue weighted by Crippen LogP contribution is -2.48. The van der Waals surface area contributed by atoms with E-state index in [1.165, 1.54) is 13.8 Å².